The minimum absolute atomic E-state index is 0.735. The SMILES string of the molecule is CC(C)N1C2CC1CN(C1COC1)C2. The molecule has 0 aromatic heterocycles. The number of rotatable bonds is 2. The van der Waals surface area contributed by atoms with Gasteiger partial charge in [0.2, 0.25) is 0 Å². The van der Waals surface area contributed by atoms with Crippen LogP contribution >= 0.6 is 0 Å². The number of hydrogen-bond acceptors (Lipinski definition) is 3. The Labute approximate surface area is 86.0 Å². The lowest BCUT2D eigenvalue weighted by Gasteiger charge is -2.60. The van der Waals surface area contributed by atoms with Gasteiger partial charge in [0.05, 0.1) is 19.3 Å². The summed E-state index contributed by atoms with van der Waals surface area (Å²) in [6.45, 7) is 9.15. The molecule has 0 spiro atoms. The Bertz CT molecular complexity index is 215. The molecule has 0 amide bonds. The second-order valence-electron chi connectivity index (χ2n) is 5.23. The monoisotopic (exact) mass is 196 g/mol. The fourth-order valence-electron chi connectivity index (χ4n) is 3.25. The van der Waals surface area contributed by atoms with Crippen molar-refractivity contribution in [3.05, 3.63) is 0 Å². The first-order valence-corrected chi connectivity index (χ1v) is 5.85. The summed E-state index contributed by atoms with van der Waals surface area (Å²) >= 11 is 0. The van der Waals surface area contributed by atoms with Crippen LogP contribution in [0.1, 0.15) is 20.3 Å². The van der Waals surface area contributed by atoms with Crippen LogP contribution in [0.3, 0.4) is 0 Å². The van der Waals surface area contributed by atoms with Gasteiger partial charge in [-0.15, -0.1) is 0 Å². The third kappa shape index (κ3) is 1.23. The van der Waals surface area contributed by atoms with Gasteiger partial charge in [0.1, 0.15) is 0 Å². The van der Waals surface area contributed by atoms with E-state index in [1.165, 1.54) is 19.5 Å². The van der Waals surface area contributed by atoms with Crippen LogP contribution in [-0.4, -0.2) is 60.3 Å². The zero-order chi connectivity index (χ0) is 9.71. The zero-order valence-corrected chi connectivity index (χ0v) is 9.15. The third-order valence-electron chi connectivity index (χ3n) is 4.01. The second kappa shape index (κ2) is 3.19. The van der Waals surface area contributed by atoms with Crippen LogP contribution in [-0.2, 0) is 4.74 Å². The molecule has 3 nitrogen and oxygen atoms in total. The highest BCUT2D eigenvalue weighted by atomic mass is 16.5. The fraction of sp³-hybridized carbons (Fsp3) is 1.00. The van der Waals surface area contributed by atoms with E-state index in [1.54, 1.807) is 0 Å². The van der Waals surface area contributed by atoms with Crippen molar-refractivity contribution in [2.45, 2.75) is 44.4 Å². The van der Waals surface area contributed by atoms with Gasteiger partial charge < -0.3 is 4.74 Å². The van der Waals surface area contributed by atoms with Crippen molar-refractivity contribution in [1.29, 1.82) is 0 Å². The predicted octanol–water partition coefficient (Wildman–Crippen LogP) is 0.552. The van der Waals surface area contributed by atoms with Crippen molar-refractivity contribution < 1.29 is 4.74 Å². The van der Waals surface area contributed by atoms with E-state index in [0.717, 1.165) is 37.4 Å². The van der Waals surface area contributed by atoms with Gasteiger partial charge in [-0.25, -0.2) is 0 Å². The number of piperazine rings is 1. The fourth-order valence-corrected chi connectivity index (χ4v) is 3.25. The molecule has 0 aliphatic carbocycles. The van der Waals surface area contributed by atoms with E-state index in [0.29, 0.717) is 0 Å². The normalized spacial score (nSPS) is 39.6. The van der Waals surface area contributed by atoms with Gasteiger partial charge >= 0.3 is 0 Å². The minimum atomic E-state index is 0.735. The van der Waals surface area contributed by atoms with Crippen molar-refractivity contribution in [1.82, 2.24) is 9.80 Å². The van der Waals surface area contributed by atoms with Gasteiger partial charge in [-0.1, -0.05) is 0 Å². The Balaban J connectivity index is 1.61. The number of hydrogen-bond donors (Lipinski definition) is 0. The summed E-state index contributed by atoms with van der Waals surface area (Å²) in [7, 11) is 0. The van der Waals surface area contributed by atoms with Crippen LogP contribution in [0.2, 0.25) is 0 Å². The lowest BCUT2D eigenvalue weighted by atomic mass is 9.85. The molecule has 2 unspecified atom stereocenters. The maximum absolute atomic E-state index is 5.26. The van der Waals surface area contributed by atoms with Crippen LogP contribution in [0.25, 0.3) is 0 Å². The van der Waals surface area contributed by atoms with Crippen molar-refractivity contribution in [2.75, 3.05) is 26.3 Å². The topological polar surface area (TPSA) is 15.7 Å². The average molecular weight is 196 g/mol. The van der Waals surface area contributed by atoms with E-state index in [9.17, 15) is 0 Å². The molecule has 0 radical (unpaired) electrons. The number of piperidine rings is 1. The molecule has 2 atom stereocenters. The largest absolute Gasteiger partial charge is 0.378 e. The molecule has 3 heteroatoms. The number of fused-ring (bicyclic) bond motifs is 2. The summed E-state index contributed by atoms with van der Waals surface area (Å²) in [5, 5.41) is 0. The molecule has 4 heterocycles. The third-order valence-corrected chi connectivity index (χ3v) is 4.01. The smallest absolute Gasteiger partial charge is 0.0645 e. The first-order valence-electron chi connectivity index (χ1n) is 5.85. The Morgan fingerprint density at radius 3 is 2.14 bits per heavy atom. The molecule has 4 saturated heterocycles. The molecule has 0 saturated carbocycles. The van der Waals surface area contributed by atoms with Crippen LogP contribution in [0.4, 0.5) is 0 Å². The van der Waals surface area contributed by atoms with Crippen molar-refractivity contribution in [3.8, 4) is 0 Å². The maximum atomic E-state index is 5.26. The van der Waals surface area contributed by atoms with Gasteiger partial charge in [0.15, 0.2) is 0 Å². The van der Waals surface area contributed by atoms with E-state index in [-0.39, 0.29) is 0 Å². The quantitative estimate of drug-likeness (QED) is 0.641. The predicted molar refractivity (Wildman–Crippen MR) is 55.3 cm³/mol. The molecule has 4 aliphatic heterocycles. The standard InChI is InChI=1S/C11H20N2O/c1-8(2)13-9-3-10(13)5-12(4-9)11-6-14-7-11/h8-11H,3-7H2,1-2H3. The maximum Gasteiger partial charge on any atom is 0.0645 e. The molecule has 2 bridgehead atoms. The Morgan fingerprint density at radius 2 is 1.71 bits per heavy atom. The van der Waals surface area contributed by atoms with Gasteiger partial charge in [-0.2, -0.15) is 0 Å². The molecular weight excluding hydrogens is 176 g/mol. The highest BCUT2D eigenvalue weighted by Gasteiger charge is 2.47. The molecule has 14 heavy (non-hydrogen) atoms. The number of ether oxygens (including phenoxy) is 1. The molecule has 0 aromatic rings. The van der Waals surface area contributed by atoms with Gasteiger partial charge in [0, 0.05) is 31.2 Å². The summed E-state index contributed by atoms with van der Waals surface area (Å²) in [6, 6.07) is 3.16. The van der Waals surface area contributed by atoms with Gasteiger partial charge in [0.25, 0.3) is 0 Å². The van der Waals surface area contributed by atoms with Crippen molar-refractivity contribution in [2.24, 2.45) is 0 Å². The summed E-state index contributed by atoms with van der Waals surface area (Å²) < 4.78 is 5.26. The highest BCUT2D eigenvalue weighted by Crippen LogP contribution is 2.35. The summed E-state index contributed by atoms with van der Waals surface area (Å²) in [5.74, 6) is 0. The zero-order valence-electron chi connectivity index (χ0n) is 9.15. The van der Waals surface area contributed by atoms with Crippen LogP contribution in [0.5, 0.6) is 0 Å². The molecular formula is C11H20N2O. The van der Waals surface area contributed by atoms with Gasteiger partial charge in [-0.05, 0) is 20.3 Å². The van der Waals surface area contributed by atoms with E-state index in [4.69, 9.17) is 4.74 Å². The Hall–Kier alpha value is -0.120. The van der Waals surface area contributed by atoms with Crippen LogP contribution < -0.4 is 0 Å². The molecule has 80 valence electrons. The lowest BCUT2D eigenvalue weighted by molar-refractivity contribution is -0.143. The second-order valence-corrected chi connectivity index (χ2v) is 5.23. The summed E-state index contributed by atoms with van der Waals surface area (Å²) in [5.41, 5.74) is 0. The van der Waals surface area contributed by atoms with Crippen LogP contribution in [0.15, 0.2) is 0 Å². The summed E-state index contributed by atoms with van der Waals surface area (Å²) in [4.78, 5) is 5.33. The molecule has 4 aliphatic rings. The molecule has 0 aromatic carbocycles. The first-order chi connectivity index (χ1) is 6.75. The van der Waals surface area contributed by atoms with Crippen LogP contribution in [0, 0.1) is 0 Å². The Kier molecular flexibility index (Phi) is 2.08. The summed E-state index contributed by atoms with van der Waals surface area (Å²) in [6.07, 6.45) is 1.43. The lowest BCUT2D eigenvalue weighted by Crippen LogP contribution is -2.72. The van der Waals surface area contributed by atoms with E-state index >= 15 is 0 Å². The Morgan fingerprint density at radius 1 is 1.07 bits per heavy atom. The average Bonchev–Trinajstić information content (AvgIpc) is 1.99. The molecule has 4 fully saturated rings. The van der Waals surface area contributed by atoms with E-state index < -0.39 is 0 Å². The van der Waals surface area contributed by atoms with Gasteiger partial charge in [-0.3, -0.25) is 9.80 Å². The molecule has 0 N–H and O–H groups in total. The van der Waals surface area contributed by atoms with E-state index in [2.05, 4.69) is 23.6 Å². The van der Waals surface area contributed by atoms with Crippen molar-refractivity contribution in [3.63, 3.8) is 0 Å². The van der Waals surface area contributed by atoms with Crippen molar-refractivity contribution >= 4 is 0 Å². The van der Waals surface area contributed by atoms with E-state index in [1.807, 2.05) is 0 Å². The minimum Gasteiger partial charge on any atom is -0.378 e. The number of nitrogens with zero attached hydrogens (tertiary/aromatic N) is 2. The first kappa shape index (κ1) is 9.13. The highest BCUT2D eigenvalue weighted by molar-refractivity contribution is 5.03. The molecule has 4 rings (SSSR count).